The fourth-order valence-corrected chi connectivity index (χ4v) is 4.28. The molecule has 1 saturated heterocycles. The van der Waals surface area contributed by atoms with Crippen LogP contribution >= 0.6 is 0 Å². The topological polar surface area (TPSA) is 40.6 Å². The number of aryl methyl sites for hydroxylation is 2. The first-order valence-corrected chi connectivity index (χ1v) is 8.74. The standard InChI is InChI=1S/C15H22N2O2S/c1-12-3-6-15(11-13(12)2)20(18,19)17-9-7-16(8-10-17)14-4-5-14/h3,6,11,14H,4-5,7-10H2,1-2H3. The minimum Gasteiger partial charge on any atom is -0.298 e. The van der Waals surface area contributed by atoms with Gasteiger partial charge >= 0.3 is 0 Å². The molecule has 0 amide bonds. The third-order valence-corrected chi connectivity index (χ3v) is 6.35. The summed E-state index contributed by atoms with van der Waals surface area (Å²) in [6, 6.07) is 6.13. The van der Waals surface area contributed by atoms with Crippen LogP contribution in [-0.4, -0.2) is 49.8 Å². The van der Waals surface area contributed by atoms with E-state index in [1.54, 1.807) is 16.4 Å². The summed E-state index contributed by atoms with van der Waals surface area (Å²) in [4.78, 5) is 2.85. The lowest BCUT2D eigenvalue weighted by molar-refractivity contribution is 0.180. The van der Waals surface area contributed by atoms with E-state index in [9.17, 15) is 8.42 Å². The van der Waals surface area contributed by atoms with E-state index >= 15 is 0 Å². The highest BCUT2D eigenvalue weighted by atomic mass is 32.2. The van der Waals surface area contributed by atoms with Crippen molar-refractivity contribution in [2.24, 2.45) is 0 Å². The van der Waals surface area contributed by atoms with Crippen LogP contribution in [0.5, 0.6) is 0 Å². The molecule has 110 valence electrons. The maximum absolute atomic E-state index is 12.7. The number of rotatable bonds is 3. The minimum absolute atomic E-state index is 0.431. The van der Waals surface area contributed by atoms with Crippen molar-refractivity contribution in [2.75, 3.05) is 26.2 Å². The van der Waals surface area contributed by atoms with Gasteiger partial charge in [0.05, 0.1) is 4.90 Å². The number of benzene rings is 1. The zero-order valence-corrected chi connectivity index (χ0v) is 13.0. The first-order chi connectivity index (χ1) is 9.48. The van der Waals surface area contributed by atoms with Gasteiger partial charge < -0.3 is 0 Å². The Hall–Kier alpha value is -0.910. The number of hydrogen-bond donors (Lipinski definition) is 0. The number of sulfonamides is 1. The van der Waals surface area contributed by atoms with E-state index in [4.69, 9.17) is 0 Å². The van der Waals surface area contributed by atoms with Gasteiger partial charge in [0.2, 0.25) is 10.0 Å². The van der Waals surface area contributed by atoms with Gasteiger partial charge in [-0.05, 0) is 49.9 Å². The van der Waals surface area contributed by atoms with E-state index in [2.05, 4.69) is 4.90 Å². The van der Waals surface area contributed by atoms with Gasteiger partial charge in [0.15, 0.2) is 0 Å². The van der Waals surface area contributed by atoms with Crippen molar-refractivity contribution in [3.63, 3.8) is 0 Å². The highest BCUT2D eigenvalue weighted by Crippen LogP contribution is 2.28. The molecule has 0 spiro atoms. The van der Waals surface area contributed by atoms with Gasteiger partial charge in [0.1, 0.15) is 0 Å². The van der Waals surface area contributed by atoms with E-state index in [-0.39, 0.29) is 0 Å². The predicted octanol–water partition coefficient (Wildman–Crippen LogP) is 1.77. The van der Waals surface area contributed by atoms with Crippen LogP contribution in [0.3, 0.4) is 0 Å². The molecule has 4 nitrogen and oxygen atoms in total. The Balaban J connectivity index is 1.76. The third kappa shape index (κ3) is 2.62. The van der Waals surface area contributed by atoms with Crippen LogP contribution in [0.1, 0.15) is 24.0 Å². The lowest BCUT2D eigenvalue weighted by Crippen LogP contribution is -2.49. The van der Waals surface area contributed by atoms with Crippen LogP contribution in [0.25, 0.3) is 0 Å². The van der Waals surface area contributed by atoms with Crippen molar-refractivity contribution >= 4 is 10.0 Å². The summed E-state index contributed by atoms with van der Waals surface area (Å²) in [6.07, 6.45) is 2.56. The van der Waals surface area contributed by atoms with Gasteiger partial charge in [-0.25, -0.2) is 8.42 Å². The van der Waals surface area contributed by atoms with Crippen LogP contribution < -0.4 is 0 Å². The molecule has 1 aliphatic heterocycles. The molecule has 3 rings (SSSR count). The monoisotopic (exact) mass is 294 g/mol. The van der Waals surface area contributed by atoms with E-state index in [0.29, 0.717) is 18.0 Å². The average molecular weight is 294 g/mol. The molecule has 0 radical (unpaired) electrons. The summed E-state index contributed by atoms with van der Waals surface area (Å²) in [5.41, 5.74) is 2.16. The fraction of sp³-hybridized carbons (Fsp3) is 0.600. The van der Waals surface area contributed by atoms with Crippen LogP contribution in [-0.2, 0) is 10.0 Å². The van der Waals surface area contributed by atoms with E-state index in [0.717, 1.165) is 30.3 Å². The van der Waals surface area contributed by atoms with Crippen molar-refractivity contribution in [1.29, 1.82) is 0 Å². The summed E-state index contributed by atoms with van der Waals surface area (Å²) >= 11 is 0. The molecule has 0 bridgehead atoms. The molecular formula is C15H22N2O2S. The van der Waals surface area contributed by atoms with E-state index in [1.807, 2.05) is 19.9 Å². The summed E-state index contributed by atoms with van der Waals surface area (Å²) in [7, 11) is -3.32. The molecule has 0 N–H and O–H groups in total. The highest BCUT2D eigenvalue weighted by Gasteiger charge is 2.34. The third-order valence-electron chi connectivity index (χ3n) is 4.45. The Morgan fingerprint density at radius 3 is 2.20 bits per heavy atom. The van der Waals surface area contributed by atoms with Crippen LogP contribution in [0.2, 0.25) is 0 Å². The van der Waals surface area contributed by atoms with Gasteiger partial charge in [-0.15, -0.1) is 0 Å². The molecule has 5 heteroatoms. The van der Waals surface area contributed by atoms with Crippen molar-refractivity contribution in [2.45, 2.75) is 37.6 Å². The summed E-state index contributed by atoms with van der Waals surface area (Å²) in [5.74, 6) is 0. The largest absolute Gasteiger partial charge is 0.298 e. The minimum atomic E-state index is -3.32. The Morgan fingerprint density at radius 2 is 1.65 bits per heavy atom. The lowest BCUT2D eigenvalue weighted by Gasteiger charge is -2.34. The highest BCUT2D eigenvalue weighted by molar-refractivity contribution is 7.89. The molecule has 1 aliphatic carbocycles. The van der Waals surface area contributed by atoms with Crippen molar-refractivity contribution in [1.82, 2.24) is 9.21 Å². The molecule has 1 aromatic rings. The van der Waals surface area contributed by atoms with Crippen molar-refractivity contribution in [3.05, 3.63) is 29.3 Å². The second-order valence-electron chi connectivity index (χ2n) is 5.92. The first-order valence-electron chi connectivity index (χ1n) is 7.30. The summed E-state index contributed by atoms with van der Waals surface area (Å²) in [6.45, 7) is 6.93. The second-order valence-corrected chi connectivity index (χ2v) is 7.86. The van der Waals surface area contributed by atoms with Crippen LogP contribution in [0, 0.1) is 13.8 Å². The molecule has 2 aliphatic rings. The maximum atomic E-state index is 12.7. The molecule has 1 heterocycles. The molecule has 0 atom stereocenters. The SMILES string of the molecule is Cc1ccc(S(=O)(=O)N2CCN(C3CC3)CC2)cc1C. The van der Waals surface area contributed by atoms with E-state index < -0.39 is 10.0 Å². The molecule has 1 saturated carbocycles. The normalized spacial score (nSPS) is 22.1. The van der Waals surface area contributed by atoms with Gasteiger partial charge in [0.25, 0.3) is 0 Å². The Morgan fingerprint density at radius 1 is 1.00 bits per heavy atom. The van der Waals surface area contributed by atoms with Crippen LogP contribution in [0.4, 0.5) is 0 Å². The first kappa shape index (κ1) is 14.0. The molecule has 2 fully saturated rings. The summed E-state index contributed by atoms with van der Waals surface area (Å²) in [5, 5.41) is 0. The molecule has 0 unspecified atom stereocenters. The summed E-state index contributed by atoms with van der Waals surface area (Å²) < 4.78 is 26.9. The number of piperazine rings is 1. The van der Waals surface area contributed by atoms with Gasteiger partial charge in [0, 0.05) is 32.2 Å². The fourth-order valence-electron chi connectivity index (χ4n) is 2.77. The molecular weight excluding hydrogens is 272 g/mol. The molecule has 1 aromatic carbocycles. The van der Waals surface area contributed by atoms with Crippen LogP contribution in [0.15, 0.2) is 23.1 Å². The zero-order chi connectivity index (χ0) is 14.3. The number of hydrogen-bond acceptors (Lipinski definition) is 3. The lowest BCUT2D eigenvalue weighted by atomic mass is 10.1. The Bertz CT molecular complexity index is 600. The smallest absolute Gasteiger partial charge is 0.243 e. The van der Waals surface area contributed by atoms with Gasteiger partial charge in [-0.3, -0.25) is 4.90 Å². The molecule has 20 heavy (non-hydrogen) atoms. The average Bonchev–Trinajstić information content (AvgIpc) is 3.26. The number of nitrogens with zero attached hydrogens (tertiary/aromatic N) is 2. The second kappa shape index (κ2) is 5.13. The van der Waals surface area contributed by atoms with Gasteiger partial charge in [-0.1, -0.05) is 6.07 Å². The van der Waals surface area contributed by atoms with Crippen molar-refractivity contribution in [3.8, 4) is 0 Å². The Kier molecular flexibility index (Phi) is 3.60. The molecule has 0 aromatic heterocycles. The van der Waals surface area contributed by atoms with E-state index in [1.165, 1.54) is 12.8 Å². The van der Waals surface area contributed by atoms with Gasteiger partial charge in [-0.2, -0.15) is 4.31 Å². The Labute approximate surface area is 121 Å². The predicted molar refractivity (Wildman–Crippen MR) is 79.3 cm³/mol. The van der Waals surface area contributed by atoms with Crippen molar-refractivity contribution < 1.29 is 8.42 Å². The quantitative estimate of drug-likeness (QED) is 0.853. The maximum Gasteiger partial charge on any atom is 0.243 e. The zero-order valence-electron chi connectivity index (χ0n) is 12.2.